The summed E-state index contributed by atoms with van der Waals surface area (Å²) in [6, 6.07) is 2.61. The maximum Gasteiger partial charge on any atom is 0.0951 e. The molecule has 1 aliphatic carbocycles. The normalized spacial score (nSPS) is 19.4. The maximum absolute atomic E-state index is 4.99. The molecular weight excluding hydrogens is 128 g/mol. The molecule has 0 radical (unpaired) electrons. The average molecular weight is 140 g/mol. The number of hydrogen-bond acceptors (Lipinski definition) is 3. The molecule has 3 heteroatoms. The van der Waals surface area contributed by atoms with Crippen LogP contribution in [0.2, 0.25) is 0 Å². The van der Waals surface area contributed by atoms with E-state index in [-0.39, 0.29) is 5.54 Å². The first-order valence-electron chi connectivity index (χ1n) is 3.38. The molecule has 0 amide bonds. The van der Waals surface area contributed by atoms with Gasteiger partial charge >= 0.3 is 0 Å². The zero-order valence-electron chi connectivity index (χ0n) is 6.42. The number of methoxy groups -OCH3 is 1. The summed E-state index contributed by atoms with van der Waals surface area (Å²) in [6.07, 6.45) is 2.23. The average Bonchev–Trinajstić information content (AvgIpc) is 2.67. The van der Waals surface area contributed by atoms with Gasteiger partial charge in [-0.3, -0.25) is 0 Å². The second kappa shape index (κ2) is 2.95. The molecule has 0 saturated heterocycles. The van der Waals surface area contributed by atoms with E-state index in [1.165, 1.54) is 0 Å². The van der Waals surface area contributed by atoms with E-state index in [0.29, 0.717) is 6.61 Å². The number of ether oxygens (including phenoxy) is 1. The minimum absolute atomic E-state index is 0.0499. The van der Waals surface area contributed by atoms with Gasteiger partial charge in [0, 0.05) is 14.2 Å². The van der Waals surface area contributed by atoms with Crippen molar-refractivity contribution in [3.05, 3.63) is 0 Å². The molecule has 0 unspecified atom stereocenters. The number of aliphatic imine (C=N–C) groups is 2. The van der Waals surface area contributed by atoms with Gasteiger partial charge < -0.3 is 4.74 Å². The third-order valence-corrected chi connectivity index (χ3v) is 1.63. The monoisotopic (exact) mass is 140 g/mol. The Morgan fingerprint density at radius 1 is 1.60 bits per heavy atom. The second-order valence-corrected chi connectivity index (χ2v) is 2.59. The van der Waals surface area contributed by atoms with Crippen LogP contribution in [0.4, 0.5) is 0 Å². The van der Waals surface area contributed by atoms with Crippen LogP contribution in [0, 0.1) is 0 Å². The van der Waals surface area contributed by atoms with E-state index in [2.05, 4.69) is 16.0 Å². The van der Waals surface area contributed by atoms with Crippen LogP contribution in [0.3, 0.4) is 0 Å². The second-order valence-electron chi connectivity index (χ2n) is 2.59. The summed E-state index contributed by atoms with van der Waals surface area (Å²) in [5.74, 6) is 0. The highest BCUT2D eigenvalue weighted by molar-refractivity contribution is 5.43. The van der Waals surface area contributed by atoms with Crippen molar-refractivity contribution in [3.8, 4) is 0 Å². The summed E-state index contributed by atoms with van der Waals surface area (Å²) in [5, 5.41) is 0. The van der Waals surface area contributed by atoms with E-state index in [1.807, 2.05) is 0 Å². The zero-order chi connectivity index (χ0) is 7.45. The number of rotatable bonds is 3. The van der Waals surface area contributed by atoms with Crippen molar-refractivity contribution in [1.29, 1.82) is 0 Å². The van der Waals surface area contributed by atoms with Crippen LogP contribution in [0.15, 0.2) is 9.98 Å². The van der Waals surface area contributed by atoms with Gasteiger partial charge in [0.25, 0.3) is 0 Å². The van der Waals surface area contributed by atoms with Gasteiger partial charge in [-0.15, -0.1) is 0 Å². The Morgan fingerprint density at radius 3 is 2.70 bits per heavy atom. The highest BCUT2D eigenvalue weighted by Gasteiger charge is 2.42. The van der Waals surface area contributed by atoms with Crippen molar-refractivity contribution >= 4 is 6.01 Å². The third kappa shape index (κ3) is 1.66. The lowest BCUT2D eigenvalue weighted by molar-refractivity contribution is 0.174. The van der Waals surface area contributed by atoms with Crippen molar-refractivity contribution in [2.45, 2.75) is 18.4 Å². The third-order valence-electron chi connectivity index (χ3n) is 1.63. The Kier molecular flexibility index (Phi) is 2.20. The van der Waals surface area contributed by atoms with Crippen molar-refractivity contribution in [3.63, 3.8) is 0 Å². The molecule has 10 heavy (non-hydrogen) atoms. The minimum Gasteiger partial charge on any atom is -0.382 e. The predicted molar refractivity (Wildman–Crippen MR) is 39.6 cm³/mol. The summed E-state index contributed by atoms with van der Waals surface area (Å²) in [6.45, 7) is 0.704. The van der Waals surface area contributed by atoms with Crippen molar-refractivity contribution in [2.75, 3.05) is 20.8 Å². The first-order valence-corrected chi connectivity index (χ1v) is 3.38. The first kappa shape index (κ1) is 7.45. The molecule has 56 valence electrons. The molecule has 1 fully saturated rings. The molecule has 0 N–H and O–H groups in total. The van der Waals surface area contributed by atoms with Gasteiger partial charge in [0.1, 0.15) is 0 Å². The van der Waals surface area contributed by atoms with Crippen LogP contribution >= 0.6 is 0 Å². The Bertz CT molecular complexity index is 166. The fourth-order valence-corrected chi connectivity index (χ4v) is 0.857. The Morgan fingerprint density at radius 2 is 2.30 bits per heavy atom. The lowest BCUT2D eigenvalue weighted by Crippen LogP contribution is -2.12. The van der Waals surface area contributed by atoms with Crippen LogP contribution in [0.1, 0.15) is 12.8 Å². The quantitative estimate of drug-likeness (QED) is 0.538. The molecule has 3 nitrogen and oxygen atoms in total. The molecule has 0 aromatic carbocycles. The van der Waals surface area contributed by atoms with Crippen molar-refractivity contribution < 1.29 is 4.74 Å². The molecule has 1 saturated carbocycles. The highest BCUT2D eigenvalue weighted by atomic mass is 16.5. The fourth-order valence-electron chi connectivity index (χ4n) is 0.857. The molecule has 0 bridgehead atoms. The lowest BCUT2D eigenvalue weighted by atomic mass is 10.3. The van der Waals surface area contributed by atoms with Crippen LogP contribution in [-0.4, -0.2) is 32.3 Å². The summed E-state index contributed by atoms with van der Waals surface area (Å²) >= 11 is 0. The highest BCUT2D eigenvalue weighted by Crippen LogP contribution is 2.39. The zero-order valence-corrected chi connectivity index (χ0v) is 6.42. The standard InChI is InChI=1S/C7H12N2O/c1-8-6-9-7(3-4-7)5-10-2/h3-5H2,1-2H3. The smallest absolute Gasteiger partial charge is 0.0951 e. The van der Waals surface area contributed by atoms with E-state index in [1.54, 1.807) is 14.2 Å². The van der Waals surface area contributed by atoms with E-state index < -0.39 is 0 Å². The molecule has 0 aromatic rings. The molecule has 0 aliphatic heterocycles. The Hall–Kier alpha value is -0.660. The van der Waals surface area contributed by atoms with Crippen molar-refractivity contribution in [2.24, 2.45) is 9.98 Å². The summed E-state index contributed by atoms with van der Waals surface area (Å²) < 4.78 is 4.99. The van der Waals surface area contributed by atoms with Gasteiger partial charge in [0.15, 0.2) is 0 Å². The Labute approximate surface area is 60.8 Å². The van der Waals surface area contributed by atoms with Crippen LogP contribution < -0.4 is 0 Å². The maximum atomic E-state index is 4.99. The van der Waals surface area contributed by atoms with E-state index in [0.717, 1.165) is 12.8 Å². The predicted octanol–water partition coefficient (Wildman–Crippen LogP) is 0.969. The topological polar surface area (TPSA) is 34.0 Å². The molecule has 0 spiro atoms. The molecule has 0 heterocycles. The summed E-state index contributed by atoms with van der Waals surface area (Å²) in [4.78, 5) is 7.80. The molecule has 0 aromatic heterocycles. The molecule has 1 aliphatic rings. The van der Waals surface area contributed by atoms with Crippen molar-refractivity contribution in [1.82, 2.24) is 0 Å². The van der Waals surface area contributed by atoms with Gasteiger partial charge in [-0.05, 0) is 12.8 Å². The SMILES string of the molecule is CN=C=NC1(COC)CC1. The Balaban J connectivity index is 2.44. The van der Waals surface area contributed by atoms with E-state index in [4.69, 9.17) is 4.74 Å². The summed E-state index contributed by atoms with van der Waals surface area (Å²) in [5.41, 5.74) is 0.0499. The largest absolute Gasteiger partial charge is 0.382 e. The first-order chi connectivity index (χ1) is 4.83. The minimum atomic E-state index is 0.0499. The number of nitrogens with zero attached hydrogens (tertiary/aromatic N) is 2. The van der Waals surface area contributed by atoms with E-state index in [9.17, 15) is 0 Å². The van der Waals surface area contributed by atoms with Gasteiger partial charge in [0.2, 0.25) is 0 Å². The van der Waals surface area contributed by atoms with Crippen LogP contribution in [0.5, 0.6) is 0 Å². The molecule has 1 rings (SSSR count). The molecule has 0 atom stereocenters. The number of hydrogen-bond donors (Lipinski definition) is 0. The fraction of sp³-hybridized carbons (Fsp3) is 0.857. The van der Waals surface area contributed by atoms with Gasteiger partial charge in [0.05, 0.1) is 18.2 Å². The van der Waals surface area contributed by atoms with Gasteiger partial charge in [-0.2, -0.15) is 0 Å². The van der Waals surface area contributed by atoms with Crippen LogP contribution in [0.25, 0.3) is 0 Å². The summed E-state index contributed by atoms with van der Waals surface area (Å²) in [7, 11) is 3.37. The van der Waals surface area contributed by atoms with E-state index >= 15 is 0 Å². The van der Waals surface area contributed by atoms with Crippen LogP contribution in [-0.2, 0) is 4.74 Å². The lowest BCUT2D eigenvalue weighted by Gasteiger charge is -2.03. The molecular formula is C7H12N2O. The van der Waals surface area contributed by atoms with Gasteiger partial charge in [-0.25, -0.2) is 9.98 Å². The van der Waals surface area contributed by atoms with Gasteiger partial charge in [-0.1, -0.05) is 0 Å².